The Labute approximate surface area is 138 Å². The summed E-state index contributed by atoms with van der Waals surface area (Å²) in [5.41, 5.74) is -0.782. The number of urea groups is 2. The van der Waals surface area contributed by atoms with Crippen molar-refractivity contribution in [2.45, 2.75) is 33.2 Å². The Morgan fingerprint density at radius 1 is 1.33 bits per heavy atom. The van der Waals surface area contributed by atoms with Crippen LogP contribution in [0.5, 0.6) is 0 Å². The smallest absolute Gasteiger partial charge is 0.325 e. The molecular weight excluding hydrogens is 316 g/mol. The highest BCUT2D eigenvalue weighted by Gasteiger charge is 2.51. The van der Waals surface area contributed by atoms with E-state index in [9.17, 15) is 19.2 Å². The van der Waals surface area contributed by atoms with Crippen LogP contribution < -0.4 is 16.0 Å². The summed E-state index contributed by atoms with van der Waals surface area (Å²) in [6.45, 7) is 6.47. The molecular formula is C15H20N4O5. The van der Waals surface area contributed by atoms with Crippen LogP contribution in [0.4, 0.5) is 9.59 Å². The SMILES string of the molecule is CCNC(=O)NC(=O)CN1C(=O)NC(C)(c2cc(C)oc2C)C1=O. The summed E-state index contributed by atoms with van der Waals surface area (Å²) >= 11 is 0. The largest absolute Gasteiger partial charge is 0.466 e. The van der Waals surface area contributed by atoms with E-state index in [1.54, 1.807) is 33.8 Å². The van der Waals surface area contributed by atoms with Crippen LogP contribution in [0.25, 0.3) is 0 Å². The van der Waals surface area contributed by atoms with Gasteiger partial charge in [0.2, 0.25) is 5.91 Å². The molecule has 1 atom stereocenters. The fraction of sp³-hybridized carbons (Fsp3) is 0.467. The van der Waals surface area contributed by atoms with Crippen molar-refractivity contribution in [1.29, 1.82) is 0 Å². The summed E-state index contributed by atoms with van der Waals surface area (Å²) in [7, 11) is 0. The second kappa shape index (κ2) is 6.34. The quantitative estimate of drug-likeness (QED) is 0.692. The van der Waals surface area contributed by atoms with Gasteiger partial charge in [0.15, 0.2) is 0 Å². The standard InChI is InChI=1S/C15H20N4O5/c1-5-16-13(22)17-11(20)7-19-12(21)15(4,18-14(19)23)10-6-8(2)24-9(10)3/h6H,5,7H2,1-4H3,(H,18,23)(H2,16,17,20,22). The van der Waals surface area contributed by atoms with Gasteiger partial charge in [0.05, 0.1) is 0 Å². The molecule has 1 saturated heterocycles. The minimum Gasteiger partial charge on any atom is -0.466 e. The van der Waals surface area contributed by atoms with Crippen LogP contribution in [0.1, 0.15) is 30.9 Å². The first-order chi connectivity index (χ1) is 11.2. The van der Waals surface area contributed by atoms with Crippen molar-refractivity contribution in [3.8, 4) is 0 Å². The summed E-state index contributed by atoms with van der Waals surface area (Å²) in [5, 5.41) is 7.02. The van der Waals surface area contributed by atoms with Gasteiger partial charge in [0.1, 0.15) is 23.6 Å². The molecule has 0 spiro atoms. The number of furan rings is 1. The van der Waals surface area contributed by atoms with Crippen LogP contribution in [-0.4, -0.2) is 41.9 Å². The first-order valence-corrected chi connectivity index (χ1v) is 7.48. The maximum atomic E-state index is 12.7. The van der Waals surface area contributed by atoms with Crippen LogP contribution in [0, 0.1) is 13.8 Å². The maximum Gasteiger partial charge on any atom is 0.325 e. The normalized spacial score (nSPS) is 20.1. The van der Waals surface area contributed by atoms with Crippen molar-refractivity contribution in [3.05, 3.63) is 23.2 Å². The average molecular weight is 336 g/mol. The first-order valence-electron chi connectivity index (χ1n) is 7.48. The number of nitrogens with one attached hydrogen (secondary N) is 3. The minimum atomic E-state index is -1.31. The zero-order valence-electron chi connectivity index (χ0n) is 14.0. The zero-order chi connectivity index (χ0) is 18.1. The zero-order valence-corrected chi connectivity index (χ0v) is 14.0. The molecule has 1 unspecified atom stereocenters. The van der Waals surface area contributed by atoms with Gasteiger partial charge >= 0.3 is 12.1 Å². The number of amides is 6. The van der Waals surface area contributed by atoms with E-state index in [-0.39, 0.29) is 0 Å². The fourth-order valence-corrected chi connectivity index (χ4v) is 2.66. The highest BCUT2D eigenvalue weighted by atomic mass is 16.3. The van der Waals surface area contributed by atoms with Crippen molar-refractivity contribution in [1.82, 2.24) is 20.9 Å². The predicted octanol–water partition coefficient (Wildman–Crippen LogP) is 0.509. The number of rotatable bonds is 4. The third-order valence-corrected chi connectivity index (χ3v) is 3.75. The molecule has 1 aliphatic heterocycles. The molecule has 0 aromatic carbocycles. The number of imide groups is 2. The van der Waals surface area contributed by atoms with Crippen LogP contribution in [0.3, 0.4) is 0 Å². The van der Waals surface area contributed by atoms with E-state index >= 15 is 0 Å². The lowest BCUT2D eigenvalue weighted by Crippen LogP contribution is -2.46. The Bertz CT molecular complexity index is 711. The third kappa shape index (κ3) is 3.10. The van der Waals surface area contributed by atoms with Crippen LogP contribution >= 0.6 is 0 Å². The molecule has 0 radical (unpaired) electrons. The van der Waals surface area contributed by atoms with E-state index in [2.05, 4.69) is 16.0 Å². The molecule has 0 bridgehead atoms. The maximum absolute atomic E-state index is 12.7. The Morgan fingerprint density at radius 2 is 2.00 bits per heavy atom. The second-order valence-corrected chi connectivity index (χ2v) is 5.68. The summed E-state index contributed by atoms with van der Waals surface area (Å²) in [6, 6.07) is 0.289. The van der Waals surface area contributed by atoms with Gasteiger partial charge in [-0.05, 0) is 33.8 Å². The molecule has 2 rings (SSSR count). The lowest BCUT2D eigenvalue weighted by atomic mass is 9.92. The summed E-state index contributed by atoms with van der Waals surface area (Å²) in [4.78, 5) is 48.7. The molecule has 24 heavy (non-hydrogen) atoms. The van der Waals surface area contributed by atoms with Gasteiger partial charge in [0.25, 0.3) is 5.91 Å². The highest BCUT2D eigenvalue weighted by Crippen LogP contribution is 2.32. The van der Waals surface area contributed by atoms with E-state index in [0.717, 1.165) is 4.90 Å². The van der Waals surface area contributed by atoms with E-state index in [1.807, 2.05) is 0 Å². The average Bonchev–Trinajstić information content (AvgIpc) is 2.92. The fourth-order valence-electron chi connectivity index (χ4n) is 2.66. The van der Waals surface area contributed by atoms with Gasteiger partial charge in [0, 0.05) is 12.1 Å². The van der Waals surface area contributed by atoms with Gasteiger partial charge in [-0.3, -0.25) is 19.8 Å². The van der Waals surface area contributed by atoms with E-state index in [1.165, 1.54) is 0 Å². The molecule has 2 heterocycles. The molecule has 6 amide bonds. The monoisotopic (exact) mass is 336 g/mol. The Balaban J connectivity index is 2.15. The Morgan fingerprint density at radius 3 is 2.54 bits per heavy atom. The summed E-state index contributed by atoms with van der Waals surface area (Å²) in [5.74, 6) is -0.216. The van der Waals surface area contributed by atoms with E-state index in [4.69, 9.17) is 4.42 Å². The molecule has 1 aliphatic rings. The van der Waals surface area contributed by atoms with E-state index in [0.29, 0.717) is 23.6 Å². The van der Waals surface area contributed by atoms with Gasteiger partial charge in [-0.1, -0.05) is 0 Å². The topological polar surface area (TPSA) is 121 Å². The number of aryl methyl sites for hydroxylation is 2. The van der Waals surface area contributed by atoms with Gasteiger partial charge in [-0.15, -0.1) is 0 Å². The van der Waals surface area contributed by atoms with Crippen molar-refractivity contribution in [2.75, 3.05) is 13.1 Å². The van der Waals surface area contributed by atoms with Crippen molar-refractivity contribution in [3.63, 3.8) is 0 Å². The molecule has 9 nitrogen and oxygen atoms in total. The summed E-state index contributed by atoms with van der Waals surface area (Å²) in [6.07, 6.45) is 0. The van der Waals surface area contributed by atoms with E-state index < -0.39 is 36.0 Å². The molecule has 1 aromatic rings. The number of carbonyl (C=O) groups is 4. The minimum absolute atomic E-state index is 0.347. The van der Waals surface area contributed by atoms with Crippen molar-refractivity contribution < 1.29 is 23.6 Å². The number of hydrogen-bond donors (Lipinski definition) is 3. The van der Waals surface area contributed by atoms with Crippen LogP contribution in [0.2, 0.25) is 0 Å². The molecule has 1 fully saturated rings. The number of carbonyl (C=O) groups excluding carboxylic acids is 4. The second-order valence-electron chi connectivity index (χ2n) is 5.68. The first kappa shape index (κ1) is 17.5. The van der Waals surface area contributed by atoms with Gasteiger partial charge in [-0.25, -0.2) is 9.59 Å². The van der Waals surface area contributed by atoms with Crippen molar-refractivity contribution in [2.24, 2.45) is 0 Å². The number of nitrogens with zero attached hydrogens (tertiary/aromatic N) is 1. The molecule has 0 aliphatic carbocycles. The Kier molecular flexibility index (Phi) is 4.63. The molecule has 1 aromatic heterocycles. The third-order valence-electron chi connectivity index (χ3n) is 3.75. The van der Waals surface area contributed by atoms with Crippen molar-refractivity contribution >= 4 is 23.9 Å². The Hall–Kier alpha value is -2.84. The van der Waals surface area contributed by atoms with Gasteiger partial charge < -0.3 is 15.1 Å². The lowest BCUT2D eigenvalue weighted by Gasteiger charge is -2.21. The lowest BCUT2D eigenvalue weighted by molar-refractivity contribution is -0.134. The molecule has 9 heteroatoms. The molecule has 3 N–H and O–H groups in total. The molecule has 0 saturated carbocycles. The summed E-state index contributed by atoms with van der Waals surface area (Å²) < 4.78 is 5.42. The molecule has 130 valence electrons. The number of hydrogen-bond acceptors (Lipinski definition) is 5. The van der Waals surface area contributed by atoms with Crippen LogP contribution in [-0.2, 0) is 15.1 Å². The highest BCUT2D eigenvalue weighted by molar-refractivity contribution is 6.10. The van der Waals surface area contributed by atoms with Crippen LogP contribution in [0.15, 0.2) is 10.5 Å². The predicted molar refractivity (Wildman–Crippen MR) is 83.0 cm³/mol. The van der Waals surface area contributed by atoms with Gasteiger partial charge in [-0.2, -0.15) is 0 Å².